The summed E-state index contributed by atoms with van der Waals surface area (Å²) >= 11 is 2.31. The largest absolute Gasteiger partial charge is 0.477 e. The van der Waals surface area contributed by atoms with Crippen molar-refractivity contribution in [1.82, 2.24) is 20.1 Å². The van der Waals surface area contributed by atoms with Crippen molar-refractivity contribution >= 4 is 51.9 Å². The number of fused-ring (bicyclic) bond motifs is 1. The van der Waals surface area contributed by atoms with E-state index in [2.05, 4.69) is 15.5 Å². The monoisotopic (exact) mass is 520 g/mol. The van der Waals surface area contributed by atoms with Crippen LogP contribution in [0.15, 0.2) is 33.5 Å². The van der Waals surface area contributed by atoms with Gasteiger partial charge in [0.25, 0.3) is 11.8 Å². The van der Waals surface area contributed by atoms with Crippen LogP contribution in [0.3, 0.4) is 0 Å². The molecule has 35 heavy (non-hydrogen) atoms. The SMILES string of the molecule is CC(C)(C)N1CCC(=CC2=C(C(=O)O)N3C(=O)[C@@H](NC(=O)C(N=O)c4csc(N)n4)[C@H]3SC2)C1=O. The highest BCUT2D eigenvalue weighted by Crippen LogP contribution is 2.41. The van der Waals surface area contributed by atoms with Crippen LogP contribution in [-0.4, -0.2) is 72.8 Å². The van der Waals surface area contributed by atoms with Gasteiger partial charge in [0.05, 0.1) is 5.69 Å². The van der Waals surface area contributed by atoms with Crippen LogP contribution in [0.25, 0.3) is 0 Å². The second-order valence-electron chi connectivity index (χ2n) is 9.24. The Morgan fingerprint density at radius 2 is 2.09 bits per heavy atom. The number of likely N-dealkylation sites (tertiary alicyclic amines) is 1. The number of carbonyl (C=O) groups excluding carboxylic acids is 3. The number of aromatic nitrogens is 1. The summed E-state index contributed by atoms with van der Waals surface area (Å²) in [6.07, 6.45) is 2.05. The van der Waals surface area contributed by atoms with Gasteiger partial charge in [-0.15, -0.1) is 28.0 Å². The molecule has 0 spiro atoms. The molecule has 2 saturated heterocycles. The standard InChI is InChI=1S/C21H24N6O6S2/c1-21(2,3)26-5-4-9(16(26)29)6-10-7-34-18-13(17(30)27(18)14(10)19(31)32)24-15(28)12(25-33)11-8-35-20(22)23-11/h6,8,12-13,18H,4-5,7H2,1-3H3,(H2,22,23)(H,24,28)(H,31,32)/t12?,13-,18-/m1/s1. The molecule has 1 aromatic rings. The van der Waals surface area contributed by atoms with Gasteiger partial charge in [-0.2, -0.15) is 0 Å². The van der Waals surface area contributed by atoms with Crippen molar-refractivity contribution in [3.63, 3.8) is 0 Å². The van der Waals surface area contributed by atoms with Crippen molar-refractivity contribution in [3.05, 3.63) is 38.9 Å². The Bertz CT molecular complexity index is 1190. The van der Waals surface area contributed by atoms with Crippen molar-refractivity contribution < 1.29 is 24.3 Å². The summed E-state index contributed by atoms with van der Waals surface area (Å²) < 4.78 is 0. The Morgan fingerprint density at radius 3 is 2.63 bits per heavy atom. The van der Waals surface area contributed by atoms with E-state index < -0.39 is 35.2 Å². The second kappa shape index (κ2) is 9.07. The highest BCUT2D eigenvalue weighted by molar-refractivity contribution is 8.00. The zero-order valence-corrected chi connectivity index (χ0v) is 20.8. The number of anilines is 1. The first-order valence-electron chi connectivity index (χ1n) is 10.7. The van der Waals surface area contributed by atoms with Crippen LogP contribution < -0.4 is 11.1 Å². The maximum atomic E-state index is 12.9. The van der Waals surface area contributed by atoms with E-state index in [0.717, 1.165) is 16.2 Å². The van der Waals surface area contributed by atoms with Crippen molar-refractivity contribution in [3.8, 4) is 0 Å². The highest BCUT2D eigenvalue weighted by Gasteiger charge is 2.54. The van der Waals surface area contributed by atoms with E-state index in [0.29, 0.717) is 24.1 Å². The zero-order chi connectivity index (χ0) is 25.7. The Morgan fingerprint density at radius 1 is 1.37 bits per heavy atom. The lowest BCUT2D eigenvalue weighted by Gasteiger charge is -2.49. The predicted molar refractivity (Wildman–Crippen MR) is 129 cm³/mol. The third kappa shape index (κ3) is 4.43. The molecule has 1 unspecified atom stereocenters. The van der Waals surface area contributed by atoms with Gasteiger partial charge in [0, 0.05) is 28.8 Å². The number of nitrogens with two attached hydrogens (primary N) is 1. The number of hydrogen-bond donors (Lipinski definition) is 3. The number of allylic oxidation sites excluding steroid dienone is 1. The van der Waals surface area contributed by atoms with E-state index in [1.165, 1.54) is 17.1 Å². The first-order chi connectivity index (χ1) is 16.4. The summed E-state index contributed by atoms with van der Waals surface area (Å²) in [7, 11) is 0. The molecule has 0 saturated carbocycles. The molecule has 3 amide bonds. The number of nitrogen functional groups attached to an aromatic ring is 1. The van der Waals surface area contributed by atoms with Gasteiger partial charge in [-0.05, 0) is 44.0 Å². The molecule has 14 heteroatoms. The third-order valence-corrected chi connectivity index (χ3v) is 7.95. The average molecular weight is 521 g/mol. The Labute approximate surface area is 208 Å². The number of nitroso groups, excluding NO2 is 1. The van der Waals surface area contributed by atoms with Gasteiger partial charge >= 0.3 is 5.97 Å². The number of carboxylic acid groups (broad SMARTS) is 1. The third-order valence-electron chi connectivity index (χ3n) is 5.95. The molecule has 0 bridgehead atoms. The van der Waals surface area contributed by atoms with Gasteiger partial charge < -0.3 is 21.1 Å². The number of thiazole rings is 1. The Hall–Kier alpha value is -3.26. The summed E-state index contributed by atoms with van der Waals surface area (Å²) in [6, 6.07) is -2.51. The highest BCUT2D eigenvalue weighted by atomic mass is 32.2. The molecular weight excluding hydrogens is 496 g/mol. The van der Waals surface area contributed by atoms with Crippen molar-refractivity contribution in [2.75, 3.05) is 18.0 Å². The number of β-lactam (4-membered cyclic amide) rings is 1. The van der Waals surface area contributed by atoms with E-state index in [4.69, 9.17) is 5.73 Å². The number of thioether (sulfide) groups is 1. The smallest absolute Gasteiger partial charge is 0.352 e. The molecular formula is C21H24N6O6S2. The number of aliphatic carboxylic acids is 1. The number of carbonyl (C=O) groups is 4. The van der Waals surface area contributed by atoms with E-state index in [1.807, 2.05) is 20.8 Å². The first kappa shape index (κ1) is 24.9. The molecule has 0 radical (unpaired) electrons. The lowest BCUT2D eigenvalue weighted by molar-refractivity contribution is -0.150. The van der Waals surface area contributed by atoms with E-state index in [1.54, 1.807) is 11.0 Å². The summed E-state index contributed by atoms with van der Waals surface area (Å²) in [6.45, 7) is 6.32. The lowest BCUT2D eigenvalue weighted by Crippen LogP contribution is -2.70. The molecule has 3 aliphatic heterocycles. The molecule has 3 atom stereocenters. The molecule has 1 aromatic heterocycles. The maximum absolute atomic E-state index is 12.9. The predicted octanol–water partition coefficient (Wildman–Crippen LogP) is 1.23. The van der Waals surface area contributed by atoms with Crippen LogP contribution in [0, 0.1) is 4.91 Å². The number of rotatable bonds is 6. The molecule has 4 N–H and O–H groups in total. The lowest BCUT2D eigenvalue weighted by atomic mass is 10.0. The minimum Gasteiger partial charge on any atom is -0.477 e. The molecule has 0 aliphatic carbocycles. The molecule has 3 aliphatic rings. The fraction of sp³-hybridized carbons (Fsp3) is 0.476. The second-order valence-corrected chi connectivity index (χ2v) is 11.2. The maximum Gasteiger partial charge on any atom is 0.352 e. The number of nitrogens with one attached hydrogen (secondary N) is 1. The molecule has 186 valence electrons. The van der Waals surface area contributed by atoms with Gasteiger partial charge in [0.15, 0.2) is 5.13 Å². The Balaban J connectivity index is 1.54. The summed E-state index contributed by atoms with van der Waals surface area (Å²) in [5.41, 5.74) is 5.91. The minimum absolute atomic E-state index is 0.0745. The molecule has 4 rings (SSSR count). The van der Waals surface area contributed by atoms with Gasteiger partial charge in [-0.3, -0.25) is 19.3 Å². The first-order valence-corrected chi connectivity index (χ1v) is 12.6. The fourth-order valence-electron chi connectivity index (χ4n) is 4.25. The normalized spacial score (nSPS) is 24.4. The van der Waals surface area contributed by atoms with Gasteiger partial charge in [0.2, 0.25) is 11.9 Å². The topological polar surface area (TPSA) is 175 Å². The molecule has 0 aromatic carbocycles. The van der Waals surface area contributed by atoms with Crippen molar-refractivity contribution in [1.29, 1.82) is 0 Å². The van der Waals surface area contributed by atoms with E-state index in [9.17, 15) is 29.2 Å². The Kier molecular flexibility index (Phi) is 6.44. The van der Waals surface area contributed by atoms with Gasteiger partial charge in [-0.25, -0.2) is 9.78 Å². The van der Waals surface area contributed by atoms with Gasteiger partial charge in [0.1, 0.15) is 17.1 Å². The van der Waals surface area contributed by atoms with E-state index >= 15 is 0 Å². The van der Waals surface area contributed by atoms with Crippen LogP contribution in [0.5, 0.6) is 0 Å². The molecule has 4 heterocycles. The zero-order valence-electron chi connectivity index (χ0n) is 19.2. The van der Waals surface area contributed by atoms with Crippen LogP contribution in [0.4, 0.5) is 5.13 Å². The van der Waals surface area contributed by atoms with Crippen LogP contribution in [0.1, 0.15) is 38.9 Å². The summed E-state index contributed by atoms with van der Waals surface area (Å²) in [5.74, 6) is -2.68. The van der Waals surface area contributed by atoms with E-state index in [-0.39, 0.29) is 33.7 Å². The van der Waals surface area contributed by atoms with Crippen LogP contribution in [0.2, 0.25) is 0 Å². The van der Waals surface area contributed by atoms with Crippen molar-refractivity contribution in [2.24, 2.45) is 5.18 Å². The number of nitrogens with zero attached hydrogens (tertiary/aromatic N) is 4. The number of amides is 3. The number of hydrogen-bond acceptors (Lipinski definition) is 10. The summed E-state index contributed by atoms with van der Waals surface area (Å²) in [4.78, 5) is 68.4. The average Bonchev–Trinajstić information content (AvgIpc) is 3.37. The summed E-state index contributed by atoms with van der Waals surface area (Å²) in [5, 5.41) is 16.1. The molecule has 2 fully saturated rings. The fourth-order valence-corrected chi connectivity index (χ4v) is 6.13. The molecule has 12 nitrogen and oxygen atoms in total. The number of carboxylic acids is 1. The van der Waals surface area contributed by atoms with Gasteiger partial charge in [-0.1, -0.05) is 0 Å². The minimum atomic E-state index is -1.48. The van der Waals surface area contributed by atoms with Crippen LogP contribution >= 0.6 is 23.1 Å². The van der Waals surface area contributed by atoms with Crippen molar-refractivity contribution in [2.45, 2.75) is 50.2 Å². The quantitative estimate of drug-likeness (QED) is 0.283. The van der Waals surface area contributed by atoms with Crippen LogP contribution in [-0.2, 0) is 19.2 Å².